The third kappa shape index (κ3) is 23.3. The molecule has 1 heterocycles. The van der Waals surface area contributed by atoms with E-state index in [9.17, 15) is 31.1 Å². The van der Waals surface area contributed by atoms with Crippen LogP contribution in [-0.2, 0) is 43.0 Å². The topological polar surface area (TPSA) is 54.0 Å². The summed E-state index contributed by atoms with van der Waals surface area (Å²) in [6.45, 7) is 19.7. The summed E-state index contributed by atoms with van der Waals surface area (Å²) in [5.74, 6) is -6.00. The molecule has 5 nitrogen and oxygen atoms in total. The van der Waals surface area contributed by atoms with Gasteiger partial charge in [-0.05, 0) is 230 Å². The van der Waals surface area contributed by atoms with Crippen LogP contribution in [0.25, 0.3) is 45.5 Å². The van der Waals surface area contributed by atoms with E-state index in [1.807, 2.05) is 24.3 Å². The van der Waals surface area contributed by atoms with Crippen LogP contribution in [0, 0.1) is 55.7 Å². The van der Waals surface area contributed by atoms with Crippen molar-refractivity contribution in [2.24, 2.45) is 0 Å². The molecule has 0 amide bonds. The predicted octanol–water partition coefficient (Wildman–Crippen LogP) is 25.6. The van der Waals surface area contributed by atoms with Gasteiger partial charge < -0.3 is 18.9 Å². The Kier molecular flexibility index (Phi) is 33.5. The molecule has 112 heavy (non-hydrogen) atoms. The van der Waals surface area contributed by atoms with Gasteiger partial charge in [-0.15, -0.1) is 0 Å². The lowest BCUT2D eigenvalue weighted by Gasteiger charge is -2.28. The van der Waals surface area contributed by atoms with E-state index in [1.54, 1.807) is 52.8 Å². The smallest absolute Gasteiger partial charge is 0.201 e. The van der Waals surface area contributed by atoms with Gasteiger partial charge in [0.25, 0.3) is 0 Å². The van der Waals surface area contributed by atoms with Crippen molar-refractivity contribution in [2.45, 2.75) is 133 Å². The number of hydrogen-bond acceptors (Lipinski definition) is 5. The zero-order chi connectivity index (χ0) is 79.8. The molecule has 0 aliphatic carbocycles. The van der Waals surface area contributed by atoms with Gasteiger partial charge in [0.05, 0.1) is 31.5 Å². The predicted molar refractivity (Wildman–Crippen MR) is 455 cm³/mol. The monoisotopic (exact) mass is 1530 g/mol. The SMILES string of the molecule is C1CCOC1.CCCc1ccc(-c2ccc(/C=C/c3c(C)cc(OCC)c(F)c3F)cc2)cc1.CCCc1ccc(-c2ccc(CCc3c(C)cc(OCC)c(F)c3F)cc2)cc1.CCCc1ccc(-c2ccc(C[P+](c3ccccc3)(c3ccccc3)c3ccccc3)cc2)cc1.CCOc1cc(C)c(C=O)c(F)c1F. The Bertz CT molecular complexity index is 4790. The third-order valence-corrected chi connectivity index (χ3v) is 24.0. The molecule has 1 fully saturated rings. The minimum Gasteiger partial charge on any atom is -0.491 e. The van der Waals surface area contributed by atoms with Gasteiger partial charge in [0.1, 0.15) is 23.2 Å². The maximum atomic E-state index is 14.5. The highest BCUT2D eigenvalue weighted by Crippen LogP contribution is 2.58. The molecule has 0 spiro atoms. The first-order chi connectivity index (χ1) is 54.5. The number of aldehydes is 1. The summed E-state index contributed by atoms with van der Waals surface area (Å²) in [6, 6.07) is 89.7. The zero-order valence-electron chi connectivity index (χ0n) is 66.1. The summed E-state index contributed by atoms with van der Waals surface area (Å²) in [5, 5.41) is 4.27. The van der Waals surface area contributed by atoms with Crippen molar-refractivity contribution in [1.29, 1.82) is 0 Å². The van der Waals surface area contributed by atoms with Gasteiger partial charge in [0.15, 0.2) is 41.0 Å². The van der Waals surface area contributed by atoms with Gasteiger partial charge in [0.2, 0.25) is 17.5 Å². The number of carbonyl (C=O) groups is 1. The van der Waals surface area contributed by atoms with E-state index >= 15 is 0 Å². The molecule has 1 aliphatic heterocycles. The van der Waals surface area contributed by atoms with Gasteiger partial charge in [-0.3, -0.25) is 4.79 Å². The first kappa shape index (κ1) is 85.4. The molecule has 0 aromatic heterocycles. The van der Waals surface area contributed by atoms with Crippen LogP contribution >= 0.6 is 7.26 Å². The van der Waals surface area contributed by atoms with E-state index in [-0.39, 0.29) is 35.0 Å². The molecule has 0 saturated carbocycles. The molecule has 0 bridgehead atoms. The molecular weight excluding hydrogens is 1430 g/mol. The maximum absolute atomic E-state index is 14.5. The Balaban J connectivity index is 0.000000173. The van der Waals surface area contributed by atoms with E-state index in [0.29, 0.717) is 49.0 Å². The second-order valence-corrected chi connectivity index (χ2v) is 31.2. The number of rotatable bonds is 26. The van der Waals surface area contributed by atoms with Crippen LogP contribution in [0.5, 0.6) is 17.2 Å². The fourth-order valence-corrected chi connectivity index (χ4v) is 17.8. The van der Waals surface area contributed by atoms with Crippen LogP contribution in [0.4, 0.5) is 26.3 Å². The number of halogens is 6. The lowest BCUT2D eigenvalue weighted by molar-refractivity contribution is 0.111. The Morgan fingerprint density at radius 2 is 0.652 bits per heavy atom. The van der Waals surface area contributed by atoms with Crippen LogP contribution in [0.3, 0.4) is 0 Å². The maximum Gasteiger partial charge on any atom is 0.201 e. The summed E-state index contributed by atoms with van der Waals surface area (Å²) in [5.41, 5.74) is 16.8. The number of aryl methyl sites for hydroxylation is 7. The summed E-state index contributed by atoms with van der Waals surface area (Å²) >= 11 is 0. The van der Waals surface area contributed by atoms with Crippen LogP contribution in [0.2, 0.25) is 0 Å². The highest BCUT2D eigenvalue weighted by Gasteiger charge is 2.45. The van der Waals surface area contributed by atoms with Crippen LogP contribution in [-0.4, -0.2) is 39.3 Å². The standard InChI is InChI=1S/C34H32P.C26H28F2O.C26H26F2O.C10H10F2O2.C4H8O/c1-2-12-28-19-23-30(24-20-28)31-25-21-29(22-26-31)27-35(32-13-6-3-7-14-32,33-15-8-4-9-16-33)34-17-10-5-11-18-34;2*1-4-6-19-7-12-21(13-8-19)22-14-9-20(10-15-22)11-16-23-18(3)17-24(29-5-2)26(28)25(23)27;1-3-14-8-4-6(2)7(5-13)9(11)10(8)12;1-2-4-5-3-1/h3-11,13-26H,2,12,27H2,1H3;7-10,12-15,17H,4-6,11,16H2,1-3H3;7-17H,4-6H2,1-3H3;4-5H,3H2,1-2H3;1-4H2/q+1;;;;/b;;16-11+;;. The largest absolute Gasteiger partial charge is 0.491 e. The first-order valence-corrected chi connectivity index (χ1v) is 41.1. The number of ether oxygens (including phenoxy) is 4. The zero-order valence-corrected chi connectivity index (χ0v) is 66.9. The van der Waals surface area contributed by atoms with Gasteiger partial charge in [-0.1, -0.05) is 252 Å². The Hall–Kier alpha value is -10.6. The van der Waals surface area contributed by atoms with Crippen LogP contribution < -0.4 is 30.1 Å². The van der Waals surface area contributed by atoms with Crippen molar-refractivity contribution in [3.05, 3.63) is 356 Å². The molecule has 13 rings (SSSR count). The molecule has 1 saturated heterocycles. The first-order valence-electron chi connectivity index (χ1n) is 39.1. The molecule has 12 heteroatoms. The molecule has 12 aromatic carbocycles. The van der Waals surface area contributed by atoms with Gasteiger partial charge in [-0.25, -0.2) is 13.2 Å². The lowest BCUT2D eigenvalue weighted by atomic mass is 9.97. The quantitative estimate of drug-likeness (QED) is 0.0234. The molecule has 0 radical (unpaired) electrons. The fraction of sp³-hybridized carbons (Fsp3) is 0.250. The number of benzene rings is 12. The van der Waals surface area contributed by atoms with Crippen molar-refractivity contribution in [1.82, 2.24) is 0 Å². The van der Waals surface area contributed by atoms with E-state index in [4.69, 9.17) is 18.9 Å². The summed E-state index contributed by atoms with van der Waals surface area (Å²) in [4.78, 5) is 10.4. The fourth-order valence-electron chi connectivity index (χ4n) is 13.6. The third-order valence-electron chi connectivity index (χ3n) is 19.6. The average molecular weight is 1530 g/mol. The van der Waals surface area contributed by atoms with Gasteiger partial charge in [-0.2, -0.15) is 13.2 Å². The summed E-state index contributed by atoms with van der Waals surface area (Å²) in [6.07, 6.45) is 15.2. The average Bonchev–Trinajstić information content (AvgIpc) is 0.773. The van der Waals surface area contributed by atoms with E-state index in [2.05, 4.69) is 233 Å². The van der Waals surface area contributed by atoms with E-state index in [1.165, 1.54) is 93.2 Å². The van der Waals surface area contributed by atoms with Gasteiger partial charge >= 0.3 is 0 Å². The number of carbonyl (C=O) groups excluding carboxylic acids is 1. The van der Waals surface area contributed by atoms with Crippen molar-refractivity contribution in [3.8, 4) is 50.6 Å². The van der Waals surface area contributed by atoms with Crippen molar-refractivity contribution in [3.63, 3.8) is 0 Å². The Labute approximate surface area is 660 Å². The Morgan fingerprint density at radius 1 is 0.339 bits per heavy atom. The van der Waals surface area contributed by atoms with Crippen LogP contribution in [0.15, 0.2) is 255 Å². The second-order valence-electron chi connectivity index (χ2n) is 27.7. The molecule has 0 N–H and O–H groups in total. The minimum atomic E-state index is -1.88. The van der Waals surface area contributed by atoms with E-state index in [0.717, 1.165) is 84.9 Å². The van der Waals surface area contributed by atoms with Crippen molar-refractivity contribution >= 4 is 41.6 Å². The number of hydrogen-bond donors (Lipinski definition) is 0. The highest BCUT2D eigenvalue weighted by atomic mass is 31.2. The summed E-state index contributed by atoms with van der Waals surface area (Å²) in [7, 11) is -1.88. The van der Waals surface area contributed by atoms with Crippen molar-refractivity contribution < 1.29 is 50.1 Å². The normalized spacial score (nSPS) is 11.6. The molecule has 0 unspecified atom stereocenters. The second kappa shape index (κ2) is 43.9. The minimum absolute atomic E-state index is 0.0134. The molecule has 1 aliphatic rings. The van der Waals surface area contributed by atoms with Gasteiger partial charge in [0, 0.05) is 18.8 Å². The highest BCUT2D eigenvalue weighted by molar-refractivity contribution is 7.95. The lowest BCUT2D eigenvalue weighted by Crippen LogP contribution is -2.32. The van der Waals surface area contributed by atoms with Crippen molar-refractivity contribution in [2.75, 3.05) is 33.0 Å². The molecular formula is C100H104F6O5P+. The summed E-state index contributed by atoms with van der Waals surface area (Å²) < 4.78 is 104. The molecule has 580 valence electrons. The molecule has 0 atom stereocenters. The van der Waals surface area contributed by atoms with E-state index < -0.39 is 42.2 Å². The van der Waals surface area contributed by atoms with Crippen LogP contribution in [0.1, 0.15) is 145 Å². The molecule has 12 aromatic rings. The Morgan fingerprint density at radius 3 is 0.982 bits per heavy atom.